The molecule has 2 heterocycles. The average molecular weight is 312 g/mol. The number of esters is 1. The Morgan fingerprint density at radius 3 is 2.80 bits per heavy atom. The van der Waals surface area contributed by atoms with Gasteiger partial charge in [0.25, 0.3) is 10.0 Å². The van der Waals surface area contributed by atoms with Gasteiger partial charge in [0.2, 0.25) is 0 Å². The molecule has 20 heavy (non-hydrogen) atoms. The number of aromatic nitrogens is 1. The second-order valence-corrected chi connectivity index (χ2v) is 6.41. The van der Waals surface area contributed by atoms with E-state index in [9.17, 15) is 13.2 Å². The minimum Gasteiger partial charge on any atom is -0.465 e. The number of hydrogen-bond donors (Lipinski definition) is 1. The molecule has 0 spiro atoms. The van der Waals surface area contributed by atoms with Crippen LogP contribution in [0.25, 0.3) is 0 Å². The van der Waals surface area contributed by atoms with Gasteiger partial charge in [-0.25, -0.2) is 13.2 Å². The average Bonchev–Trinajstić information content (AvgIpc) is 2.81. The van der Waals surface area contributed by atoms with Crippen molar-refractivity contribution < 1.29 is 17.9 Å². The van der Waals surface area contributed by atoms with Gasteiger partial charge >= 0.3 is 5.97 Å². The lowest BCUT2D eigenvalue weighted by Gasteiger charge is -2.09. The van der Waals surface area contributed by atoms with E-state index in [1.54, 1.807) is 24.4 Å². The van der Waals surface area contributed by atoms with Crippen LogP contribution in [0.1, 0.15) is 15.2 Å². The van der Waals surface area contributed by atoms with Crippen LogP contribution in [-0.2, 0) is 14.8 Å². The first-order valence-electron chi connectivity index (χ1n) is 5.55. The van der Waals surface area contributed by atoms with Gasteiger partial charge in [0.05, 0.1) is 19.0 Å². The zero-order valence-corrected chi connectivity index (χ0v) is 12.4. The molecular weight excluding hydrogens is 300 g/mol. The molecule has 0 radical (unpaired) electrons. The van der Waals surface area contributed by atoms with Crippen LogP contribution < -0.4 is 4.72 Å². The van der Waals surface area contributed by atoms with Crippen molar-refractivity contribution in [1.82, 2.24) is 4.98 Å². The number of carbonyl (C=O) groups excluding carboxylic acids is 1. The van der Waals surface area contributed by atoms with Crippen LogP contribution in [0.15, 0.2) is 34.8 Å². The predicted octanol–water partition coefficient (Wildman–Crippen LogP) is 2.04. The summed E-state index contributed by atoms with van der Waals surface area (Å²) in [7, 11) is -2.66. The van der Waals surface area contributed by atoms with Gasteiger partial charge in [0.1, 0.15) is 9.77 Å². The summed E-state index contributed by atoms with van der Waals surface area (Å²) >= 11 is 1.04. The Labute approximate surface area is 120 Å². The largest absolute Gasteiger partial charge is 0.465 e. The summed E-state index contributed by atoms with van der Waals surface area (Å²) in [6, 6.07) is 3.18. The highest BCUT2D eigenvalue weighted by Crippen LogP contribution is 2.29. The molecule has 0 aliphatic carbocycles. The summed E-state index contributed by atoms with van der Waals surface area (Å²) in [5, 5.41) is 1.60. The molecule has 8 heteroatoms. The number of carbonyl (C=O) groups is 1. The maximum atomic E-state index is 12.4. The monoisotopic (exact) mass is 312 g/mol. The Morgan fingerprint density at radius 1 is 1.45 bits per heavy atom. The van der Waals surface area contributed by atoms with Crippen molar-refractivity contribution in [3.05, 3.63) is 40.3 Å². The van der Waals surface area contributed by atoms with Crippen LogP contribution in [0.4, 0.5) is 5.69 Å². The quantitative estimate of drug-likeness (QED) is 0.873. The molecular formula is C12H12N2O4S2. The number of hydrogen-bond acceptors (Lipinski definition) is 6. The van der Waals surface area contributed by atoms with Crippen molar-refractivity contribution in [2.45, 2.75) is 11.8 Å². The number of thiophene rings is 1. The lowest BCUT2D eigenvalue weighted by Crippen LogP contribution is -2.16. The van der Waals surface area contributed by atoms with Crippen LogP contribution in [0.5, 0.6) is 0 Å². The van der Waals surface area contributed by atoms with Crippen molar-refractivity contribution >= 4 is 33.0 Å². The second-order valence-electron chi connectivity index (χ2n) is 3.92. The van der Waals surface area contributed by atoms with Gasteiger partial charge in [0.15, 0.2) is 0 Å². The molecule has 0 bridgehead atoms. The number of anilines is 1. The fourth-order valence-electron chi connectivity index (χ4n) is 1.63. The summed E-state index contributed by atoms with van der Waals surface area (Å²) in [5.74, 6) is -0.672. The Hall–Kier alpha value is -1.93. The van der Waals surface area contributed by atoms with Crippen LogP contribution in [0.3, 0.4) is 0 Å². The summed E-state index contributed by atoms with van der Waals surface area (Å²) < 4.78 is 31.8. The highest BCUT2D eigenvalue weighted by Gasteiger charge is 2.27. The lowest BCUT2D eigenvalue weighted by molar-refractivity contribution is 0.0602. The third-order valence-corrected chi connectivity index (χ3v) is 5.25. The van der Waals surface area contributed by atoms with Crippen molar-refractivity contribution in [3.63, 3.8) is 0 Å². The molecule has 2 aromatic heterocycles. The number of nitrogens with one attached hydrogen (secondary N) is 1. The number of rotatable bonds is 4. The summed E-state index contributed by atoms with van der Waals surface area (Å²) in [5.41, 5.74) is 0.820. The number of ether oxygens (including phenoxy) is 1. The zero-order valence-electron chi connectivity index (χ0n) is 10.8. The molecule has 6 nitrogen and oxygen atoms in total. The summed E-state index contributed by atoms with van der Waals surface area (Å²) in [6.45, 7) is 1.63. The first-order chi connectivity index (χ1) is 9.45. The number of nitrogens with zero attached hydrogens (tertiary/aromatic N) is 1. The molecule has 2 rings (SSSR count). The molecule has 0 aromatic carbocycles. The van der Waals surface area contributed by atoms with Gasteiger partial charge in [-0.3, -0.25) is 9.71 Å². The van der Waals surface area contributed by atoms with Gasteiger partial charge in [-0.2, -0.15) is 0 Å². The van der Waals surface area contributed by atoms with E-state index in [0.717, 1.165) is 11.3 Å². The molecule has 0 aliphatic heterocycles. The number of aryl methyl sites for hydroxylation is 1. The standard InChI is InChI=1S/C12H12N2O4S2/c1-8-7-19-10(12(15)18-2)11(8)20(16,17)14-9-4-3-5-13-6-9/h3-7,14H,1-2H3. The van der Waals surface area contributed by atoms with E-state index >= 15 is 0 Å². The minimum atomic E-state index is -3.87. The van der Waals surface area contributed by atoms with Gasteiger partial charge in [-0.1, -0.05) is 0 Å². The molecule has 2 aromatic rings. The molecule has 1 N–H and O–H groups in total. The van der Waals surface area contributed by atoms with E-state index in [1.165, 1.54) is 19.5 Å². The van der Waals surface area contributed by atoms with Crippen LogP contribution in [0.2, 0.25) is 0 Å². The van der Waals surface area contributed by atoms with Gasteiger partial charge in [0, 0.05) is 6.20 Å². The van der Waals surface area contributed by atoms with E-state index in [4.69, 9.17) is 0 Å². The Bertz CT molecular complexity index is 723. The maximum Gasteiger partial charge on any atom is 0.349 e. The van der Waals surface area contributed by atoms with E-state index in [-0.39, 0.29) is 9.77 Å². The molecule has 106 valence electrons. The first kappa shape index (κ1) is 14.5. The predicted molar refractivity (Wildman–Crippen MR) is 75.4 cm³/mol. The topological polar surface area (TPSA) is 85.4 Å². The third kappa shape index (κ3) is 2.81. The molecule has 0 saturated heterocycles. The van der Waals surface area contributed by atoms with Crippen molar-refractivity contribution in [2.24, 2.45) is 0 Å². The Kier molecular flexibility index (Phi) is 4.05. The molecule has 0 amide bonds. The number of sulfonamides is 1. The SMILES string of the molecule is COC(=O)c1scc(C)c1S(=O)(=O)Nc1cccnc1. The highest BCUT2D eigenvalue weighted by molar-refractivity contribution is 7.93. The van der Waals surface area contributed by atoms with Crippen LogP contribution in [-0.4, -0.2) is 26.5 Å². The smallest absolute Gasteiger partial charge is 0.349 e. The first-order valence-corrected chi connectivity index (χ1v) is 7.91. The molecule has 0 atom stereocenters. The van der Waals surface area contributed by atoms with Gasteiger partial charge in [-0.15, -0.1) is 11.3 Å². The second kappa shape index (κ2) is 5.59. The van der Waals surface area contributed by atoms with E-state index in [0.29, 0.717) is 11.3 Å². The molecule has 0 unspecified atom stereocenters. The van der Waals surface area contributed by atoms with Crippen LogP contribution in [0, 0.1) is 6.92 Å². The van der Waals surface area contributed by atoms with E-state index in [2.05, 4.69) is 14.4 Å². The maximum absolute atomic E-state index is 12.4. The number of methoxy groups -OCH3 is 1. The fraction of sp³-hybridized carbons (Fsp3) is 0.167. The van der Waals surface area contributed by atoms with E-state index in [1.807, 2.05) is 0 Å². The zero-order chi connectivity index (χ0) is 14.8. The third-order valence-electron chi connectivity index (χ3n) is 2.47. The van der Waals surface area contributed by atoms with Crippen molar-refractivity contribution in [2.75, 3.05) is 11.8 Å². The van der Waals surface area contributed by atoms with E-state index < -0.39 is 16.0 Å². The molecule has 0 saturated carbocycles. The normalized spacial score (nSPS) is 11.1. The molecule has 0 fully saturated rings. The Balaban J connectivity index is 2.45. The van der Waals surface area contributed by atoms with Crippen molar-refractivity contribution in [1.29, 1.82) is 0 Å². The van der Waals surface area contributed by atoms with Gasteiger partial charge < -0.3 is 4.74 Å². The van der Waals surface area contributed by atoms with Gasteiger partial charge in [-0.05, 0) is 30.0 Å². The highest BCUT2D eigenvalue weighted by atomic mass is 32.2. The Morgan fingerprint density at radius 2 is 2.20 bits per heavy atom. The summed E-state index contributed by atoms with van der Waals surface area (Å²) in [4.78, 5) is 15.5. The summed E-state index contributed by atoms with van der Waals surface area (Å²) in [6.07, 6.45) is 2.92. The fourth-order valence-corrected chi connectivity index (χ4v) is 4.38. The van der Waals surface area contributed by atoms with Crippen LogP contribution >= 0.6 is 11.3 Å². The number of pyridine rings is 1. The lowest BCUT2D eigenvalue weighted by atomic mass is 10.3. The molecule has 0 aliphatic rings. The minimum absolute atomic E-state index is 0.0568. The van der Waals surface area contributed by atoms with Crippen molar-refractivity contribution in [3.8, 4) is 0 Å².